The van der Waals surface area contributed by atoms with Gasteiger partial charge in [0.1, 0.15) is 11.5 Å². The van der Waals surface area contributed by atoms with Crippen LogP contribution in [0.5, 0.6) is 0 Å². The summed E-state index contributed by atoms with van der Waals surface area (Å²) in [5.41, 5.74) is 7.47. The van der Waals surface area contributed by atoms with E-state index < -0.39 is 0 Å². The molecule has 50 heavy (non-hydrogen) atoms. The minimum absolute atomic E-state index is 0.356. The van der Waals surface area contributed by atoms with Gasteiger partial charge in [0.25, 0.3) is 0 Å². The Labute approximate surface area is 298 Å². The van der Waals surface area contributed by atoms with E-state index in [9.17, 15) is 0 Å². The molecule has 248 valence electrons. The molecule has 10 nitrogen and oxygen atoms in total. The Bertz CT molecular complexity index is 2370. The van der Waals surface area contributed by atoms with Gasteiger partial charge in [0.2, 0.25) is 5.16 Å². The highest BCUT2D eigenvalue weighted by molar-refractivity contribution is 7.98. The maximum Gasteiger partial charge on any atom is 0.209 e. The summed E-state index contributed by atoms with van der Waals surface area (Å²) in [6.07, 6.45) is 9.94. The highest BCUT2D eigenvalue weighted by Gasteiger charge is 2.14. The van der Waals surface area contributed by atoms with Gasteiger partial charge >= 0.3 is 0 Å². The third kappa shape index (κ3) is 7.49. The monoisotopic (exact) mass is 694 g/mol. The zero-order valence-corrected chi connectivity index (χ0v) is 29.5. The van der Waals surface area contributed by atoms with Gasteiger partial charge in [-0.25, -0.2) is 24.5 Å². The van der Waals surface area contributed by atoms with Crippen molar-refractivity contribution in [2.75, 3.05) is 0 Å². The largest absolute Gasteiger partial charge is 0.331 e. The molecule has 0 atom stereocenters. The molecule has 0 radical (unpaired) electrons. The summed E-state index contributed by atoms with van der Waals surface area (Å²) in [5.74, 6) is 2.50. The predicted octanol–water partition coefficient (Wildman–Crippen LogP) is 8.36. The first-order valence-corrected chi connectivity index (χ1v) is 18.1. The molecular formula is C38H34N10S2. The highest BCUT2D eigenvalue weighted by atomic mass is 32.2. The van der Waals surface area contributed by atoms with Crippen molar-refractivity contribution in [1.82, 2.24) is 43.1 Å². The first-order valence-electron chi connectivity index (χ1n) is 16.1. The Hall–Kier alpha value is -5.64. The van der Waals surface area contributed by atoms with Crippen LogP contribution in [0.2, 0.25) is 0 Å². The van der Waals surface area contributed by atoms with Gasteiger partial charge in [-0.2, -0.15) is 5.26 Å². The third-order valence-electron chi connectivity index (χ3n) is 7.88. The number of imidazole rings is 3. The fourth-order valence-electron chi connectivity index (χ4n) is 5.38. The number of hydrogen-bond acceptors (Lipinski definition) is 8. The van der Waals surface area contributed by atoms with Crippen LogP contribution in [0.3, 0.4) is 0 Å². The molecule has 6 heterocycles. The number of rotatable bonds is 9. The average molecular weight is 695 g/mol. The normalized spacial score (nSPS) is 11.2. The first-order chi connectivity index (χ1) is 24.4. The number of nitrogens with zero attached hydrogens (tertiary/aromatic N) is 10. The van der Waals surface area contributed by atoms with Gasteiger partial charge in [-0.1, -0.05) is 90.3 Å². The Morgan fingerprint density at radius 2 is 1.44 bits per heavy atom. The molecule has 2 aromatic carbocycles. The van der Waals surface area contributed by atoms with Crippen molar-refractivity contribution in [2.45, 2.75) is 41.7 Å². The van der Waals surface area contributed by atoms with E-state index in [0.717, 1.165) is 67.1 Å². The summed E-state index contributed by atoms with van der Waals surface area (Å²) >= 11 is 3.26. The fraction of sp³-hybridized carbons (Fsp3) is 0.158. The fourth-order valence-corrected chi connectivity index (χ4v) is 6.99. The molecule has 8 rings (SSSR count). The number of pyridine rings is 2. The zero-order chi connectivity index (χ0) is 34.5. The van der Waals surface area contributed by atoms with Crippen LogP contribution in [0.15, 0.2) is 132 Å². The van der Waals surface area contributed by atoms with Crippen LogP contribution in [0.1, 0.15) is 37.0 Å². The SMILES string of the molecule is CC(C)n1cc(-c2ccccc2)nc1CSc1nc2ccccn2n1.Cn1cc(-c2ccccc2)nc1SCc1cn2ccc(C#N)cc2n1. The third-order valence-corrected chi connectivity index (χ3v) is 9.79. The van der Waals surface area contributed by atoms with Gasteiger partial charge in [-0.3, -0.25) is 0 Å². The van der Waals surface area contributed by atoms with Crippen molar-refractivity contribution >= 4 is 34.8 Å². The summed E-state index contributed by atoms with van der Waals surface area (Å²) in [4.78, 5) is 18.7. The van der Waals surface area contributed by atoms with Crippen molar-refractivity contribution in [3.8, 4) is 28.6 Å². The molecule has 0 N–H and O–H groups in total. The van der Waals surface area contributed by atoms with Crippen LogP contribution in [-0.4, -0.2) is 43.1 Å². The quantitative estimate of drug-likeness (QED) is 0.139. The Kier molecular flexibility index (Phi) is 9.77. The number of aromatic nitrogens is 9. The number of aryl methyl sites for hydroxylation is 1. The Morgan fingerprint density at radius 1 is 0.720 bits per heavy atom. The minimum Gasteiger partial charge on any atom is -0.331 e. The van der Waals surface area contributed by atoms with E-state index in [1.165, 1.54) is 0 Å². The van der Waals surface area contributed by atoms with E-state index in [4.69, 9.17) is 15.2 Å². The van der Waals surface area contributed by atoms with Crippen LogP contribution in [-0.2, 0) is 18.6 Å². The molecule has 0 aliphatic carbocycles. The van der Waals surface area contributed by atoms with Crippen molar-refractivity contribution in [1.29, 1.82) is 5.26 Å². The smallest absolute Gasteiger partial charge is 0.209 e. The molecule has 0 spiro atoms. The molecule has 6 aromatic heterocycles. The van der Waals surface area contributed by atoms with Gasteiger partial charge < -0.3 is 13.5 Å². The summed E-state index contributed by atoms with van der Waals surface area (Å²) in [7, 11) is 2.00. The number of thioether (sulfide) groups is 2. The predicted molar refractivity (Wildman–Crippen MR) is 199 cm³/mol. The number of nitriles is 1. The van der Waals surface area contributed by atoms with Crippen LogP contribution < -0.4 is 0 Å². The number of fused-ring (bicyclic) bond motifs is 2. The second-order valence-corrected chi connectivity index (χ2v) is 13.7. The summed E-state index contributed by atoms with van der Waals surface area (Å²) in [6.45, 7) is 4.35. The topological polar surface area (TPSA) is 107 Å². The van der Waals surface area contributed by atoms with E-state index in [1.54, 1.807) is 40.2 Å². The van der Waals surface area contributed by atoms with Crippen LogP contribution >= 0.6 is 23.5 Å². The highest BCUT2D eigenvalue weighted by Crippen LogP contribution is 2.27. The van der Waals surface area contributed by atoms with E-state index in [1.807, 2.05) is 95.4 Å². The minimum atomic E-state index is 0.356. The molecule has 0 saturated carbocycles. The van der Waals surface area contributed by atoms with E-state index >= 15 is 0 Å². The number of hydrogen-bond donors (Lipinski definition) is 0. The summed E-state index contributed by atoms with van der Waals surface area (Å²) in [5, 5.41) is 15.2. The van der Waals surface area contributed by atoms with Crippen molar-refractivity contribution in [3.05, 3.63) is 139 Å². The zero-order valence-electron chi connectivity index (χ0n) is 27.8. The van der Waals surface area contributed by atoms with Crippen LogP contribution in [0.4, 0.5) is 0 Å². The van der Waals surface area contributed by atoms with Crippen molar-refractivity contribution < 1.29 is 0 Å². The number of benzene rings is 2. The van der Waals surface area contributed by atoms with E-state index in [0.29, 0.717) is 11.6 Å². The van der Waals surface area contributed by atoms with Gasteiger partial charge in [0.15, 0.2) is 10.8 Å². The van der Waals surface area contributed by atoms with Crippen molar-refractivity contribution in [2.24, 2.45) is 7.05 Å². The Balaban J connectivity index is 0.000000157. The van der Waals surface area contributed by atoms with Gasteiger partial charge in [0, 0.05) is 61.0 Å². The molecule has 0 aliphatic rings. The summed E-state index contributed by atoms with van der Waals surface area (Å²) < 4.78 is 8.00. The molecule has 0 aliphatic heterocycles. The molecule has 0 fully saturated rings. The molecule has 0 bridgehead atoms. The van der Waals surface area contributed by atoms with Crippen molar-refractivity contribution in [3.63, 3.8) is 0 Å². The lowest BCUT2D eigenvalue weighted by Crippen LogP contribution is -2.04. The summed E-state index contributed by atoms with van der Waals surface area (Å²) in [6, 6.07) is 32.4. The van der Waals surface area contributed by atoms with Crippen LogP contribution in [0.25, 0.3) is 33.8 Å². The molecule has 0 unspecified atom stereocenters. The molecular weight excluding hydrogens is 661 g/mol. The maximum atomic E-state index is 8.98. The van der Waals surface area contributed by atoms with Gasteiger partial charge in [-0.15, -0.1) is 5.10 Å². The molecule has 0 amide bonds. The van der Waals surface area contributed by atoms with Gasteiger partial charge in [-0.05, 0) is 38.1 Å². The van der Waals surface area contributed by atoms with E-state index in [2.05, 4.69) is 70.0 Å². The lowest BCUT2D eigenvalue weighted by molar-refractivity contribution is 0.580. The molecule has 0 saturated heterocycles. The lowest BCUT2D eigenvalue weighted by atomic mass is 10.2. The molecule has 12 heteroatoms. The standard InChI is InChI=1S/C19H19N5S.C19H15N5S/c1-14(2)23-12-16(15-8-4-3-5-9-15)20-18(23)13-25-19-21-17-10-6-7-11-24(17)22-19;1-23-12-17(15-5-3-2-4-6-15)22-19(23)25-13-16-11-24-8-7-14(10-20)9-18(24)21-16/h3-12,14H,13H2,1-2H3;2-9,11-12H,13H2,1H3. The maximum absolute atomic E-state index is 8.98. The van der Waals surface area contributed by atoms with Crippen LogP contribution in [0, 0.1) is 11.3 Å². The first kappa shape index (κ1) is 32.9. The average Bonchev–Trinajstić information content (AvgIpc) is 3.95. The second-order valence-electron chi connectivity index (χ2n) is 11.8. The lowest BCUT2D eigenvalue weighted by Gasteiger charge is -2.10. The molecule has 8 aromatic rings. The van der Waals surface area contributed by atoms with Gasteiger partial charge in [0.05, 0.1) is 34.5 Å². The second kappa shape index (κ2) is 14.9. The Morgan fingerprint density at radius 3 is 2.14 bits per heavy atom. The van der Waals surface area contributed by atoms with E-state index in [-0.39, 0.29) is 0 Å².